The van der Waals surface area contributed by atoms with Crippen LogP contribution in [0.3, 0.4) is 0 Å². The Morgan fingerprint density at radius 2 is 2.21 bits per heavy atom. The van der Waals surface area contributed by atoms with E-state index in [0.717, 1.165) is 4.47 Å². The number of aliphatic hydroxyl groups is 1. The zero-order valence-electron chi connectivity index (χ0n) is 7.22. The predicted octanol–water partition coefficient (Wildman–Crippen LogP) is 2.52. The van der Waals surface area contributed by atoms with Crippen molar-refractivity contribution in [2.75, 3.05) is 0 Å². The number of halogens is 1. The maximum absolute atomic E-state index is 9.80. The molecule has 0 aromatic carbocycles. The zero-order chi connectivity index (χ0) is 9.97. The van der Waals surface area contributed by atoms with Crippen LogP contribution in [0.2, 0.25) is 0 Å². The Bertz CT molecular complexity index is 397. The van der Waals surface area contributed by atoms with Crippen LogP contribution < -0.4 is 0 Å². The van der Waals surface area contributed by atoms with Crippen LogP contribution in [-0.2, 0) is 0 Å². The summed E-state index contributed by atoms with van der Waals surface area (Å²) in [6, 6.07) is 7.03. The van der Waals surface area contributed by atoms with Gasteiger partial charge in [0, 0.05) is 10.7 Å². The third-order valence-electron chi connectivity index (χ3n) is 1.84. The molecule has 0 aliphatic carbocycles. The average molecular weight is 254 g/mol. The van der Waals surface area contributed by atoms with Gasteiger partial charge >= 0.3 is 0 Å². The SMILES string of the molecule is OC(c1ccc(Br)cn1)c1ccco1. The Kier molecular flexibility index (Phi) is 2.65. The highest BCUT2D eigenvalue weighted by atomic mass is 79.9. The Morgan fingerprint density at radius 1 is 1.36 bits per heavy atom. The third kappa shape index (κ3) is 1.86. The lowest BCUT2D eigenvalue weighted by atomic mass is 10.2. The van der Waals surface area contributed by atoms with E-state index >= 15 is 0 Å². The zero-order valence-corrected chi connectivity index (χ0v) is 8.81. The smallest absolute Gasteiger partial charge is 0.153 e. The minimum absolute atomic E-state index is 0.500. The molecule has 0 aliphatic rings. The van der Waals surface area contributed by atoms with Gasteiger partial charge in [-0.05, 0) is 40.2 Å². The van der Waals surface area contributed by atoms with Crippen LogP contribution in [0.25, 0.3) is 0 Å². The molecule has 0 radical (unpaired) electrons. The van der Waals surface area contributed by atoms with E-state index in [2.05, 4.69) is 20.9 Å². The molecule has 0 aliphatic heterocycles. The van der Waals surface area contributed by atoms with Crippen LogP contribution >= 0.6 is 15.9 Å². The maximum Gasteiger partial charge on any atom is 0.153 e. The van der Waals surface area contributed by atoms with Gasteiger partial charge in [0.2, 0.25) is 0 Å². The quantitative estimate of drug-likeness (QED) is 0.895. The van der Waals surface area contributed by atoms with E-state index in [1.807, 2.05) is 6.07 Å². The Labute approximate surface area is 89.5 Å². The van der Waals surface area contributed by atoms with Gasteiger partial charge in [-0.1, -0.05) is 0 Å². The van der Waals surface area contributed by atoms with Crippen LogP contribution in [0, 0.1) is 0 Å². The van der Waals surface area contributed by atoms with E-state index < -0.39 is 6.10 Å². The molecule has 0 saturated heterocycles. The summed E-state index contributed by atoms with van der Waals surface area (Å²) in [6.45, 7) is 0. The highest BCUT2D eigenvalue weighted by molar-refractivity contribution is 9.10. The van der Waals surface area contributed by atoms with Gasteiger partial charge in [0.25, 0.3) is 0 Å². The van der Waals surface area contributed by atoms with Gasteiger partial charge < -0.3 is 9.52 Å². The molecule has 1 N–H and O–H groups in total. The average Bonchev–Trinajstić information content (AvgIpc) is 2.71. The van der Waals surface area contributed by atoms with Crippen molar-refractivity contribution < 1.29 is 9.52 Å². The van der Waals surface area contributed by atoms with Crippen molar-refractivity contribution in [1.82, 2.24) is 4.98 Å². The second-order valence-corrected chi connectivity index (χ2v) is 3.73. The summed E-state index contributed by atoms with van der Waals surface area (Å²) in [5.41, 5.74) is 0.572. The fourth-order valence-electron chi connectivity index (χ4n) is 1.14. The minimum atomic E-state index is -0.793. The summed E-state index contributed by atoms with van der Waals surface area (Å²) in [5.74, 6) is 0.500. The first-order chi connectivity index (χ1) is 6.77. The van der Waals surface area contributed by atoms with Crippen molar-refractivity contribution in [3.05, 3.63) is 52.7 Å². The first kappa shape index (κ1) is 9.43. The summed E-state index contributed by atoms with van der Waals surface area (Å²) < 4.78 is 5.96. The van der Waals surface area contributed by atoms with Gasteiger partial charge in [0.05, 0.1) is 12.0 Å². The number of aromatic nitrogens is 1. The van der Waals surface area contributed by atoms with Crippen LogP contribution in [-0.4, -0.2) is 10.1 Å². The highest BCUT2D eigenvalue weighted by Crippen LogP contribution is 2.21. The van der Waals surface area contributed by atoms with Crippen LogP contribution in [0.4, 0.5) is 0 Å². The van der Waals surface area contributed by atoms with Gasteiger partial charge in [0.1, 0.15) is 5.76 Å². The van der Waals surface area contributed by atoms with Gasteiger partial charge in [-0.15, -0.1) is 0 Å². The Balaban J connectivity index is 2.28. The number of furan rings is 1. The van der Waals surface area contributed by atoms with Gasteiger partial charge in [-0.3, -0.25) is 4.98 Å². The normalized spacial score (nSPS) is 12.7. The highest BCUT2D eigenvalue weighted by Gasteiger charge is 2.13. The molecule has 1 atom stereocenters. The molecule has 0 saturated carbocycles. The molecule has 0 amide bonds. The molecule has 0 bridgehead atoms. The van der Waals surface area contributed by atoms with Crippen molar-refractivity contribution in [3.8, 4) is 0 Å². The fourth-order valence-corrected chi connectivity index (χ4v) is 1.38. The standard InChI is InChI=1S/C10H8BrNO2/c11-7-3-4-8(12-6-7)10(13)9-2-1-5-14-9/h1-6,10,13H. The summed E-state index contributed by atoms with van der Waals surface area (Å²) in [7, 11) is 0. The molecule has 2 aromatic heterocycles. The van der Waals surface area contributed by atoms with Crippen LogP contribution in [0.1, 0.15) is 17.6 Å². The van der Waals surface area contributed by atoms with Crippen molar-refractivity contribution in [2.24, 2.45) is 0 Å². The Morgan fingerprint density at radius 3 is 2.79 bits per heavy atom. The largest absolute Gasteiger partial charge is 0.466 e. The van der Waals surface area contributed by atoms with Crippen molar-refractivity contribution >= 4 is 15.9 Å². The number of hydrogen-bond donors (Lipinski definition) is 1. The van der Waals surface area contributed by atoms with E-state index in [-0.39, 0.29) is 0 Å². The lowest BCUT2D eigenvalue weighted by molar-refractivity contribution is 0.185. The lowest BCUT2D eigenvalue weighted by Crippen LogP contribution is -2.00. The summed E-state index contributed by atoms with van der Waals surface area (Å²) in [4.78, 5) is 4.08. The second-order valence-electron chi connectivity index (χ2n) is 2.82. The lowest BCUT2D eigenvalue weighted by Gasteiger charge is -2.06. The van der Waals surface area contributed by atoms with E-state index in [1.165, 1.54) is 6.26 Å². The van der Waals surface area contributed by atoms with Crippen LogP contribution in [0.15, 0.2) is 45.6 Å². The molecule has 72 valence electrons. The number of nitrogens with zero attached hydrogens (tertiary/aromatic N) is 1. The first-order valence-corrected chi connectivity index (χ1v) is 4.89. The van der Waals surface area contributed by atoms with Crippen molar-refractivity contribution in [3.63, 3.8) is 0 Å². The number of hydrogen-bond acceptors (Lipinski definition) is 3. The van der Waals surface area contributed by atoms with Crippen molar-refractivity contribution in [1.29, 1.82) is 0 Å². The Hall–Kier alpha value is -1.13. The number of aliphatic hydroxyl groups excluding tert-OH is 1. The van der Waals surface area contributed by atoms with Gasteiger partial charge in [0.15, 0.2) is 6.10 Å². The summed E-state index contributed by atoms with van der Waals surface area (Å²) in [5, 5.41) is 9.80. The van der Waals surface area contributed by atoms with E-state index in [9.17, 15) is 5.11 Å². The minimum Gasteiger partial charge on any atom is -0.466 e. The fraction of sp³-hybridized carbons (Fsp3) is 0.100. The molecular weight excluding hydrogens is 246 g/mol. The van der Waals surface area contributed by atoms with E-state index in [1.54, 1.807) is 24.4 Å². The maximum atomic E-state index is 9.80. The molecule has 0 spiro atoms. The van der Waals surface area contributed by atoms with Gasteiger partial charge in [-0.25, -0.2) is 0 Å². The molecule has 0 fully saturated rings. The number of rotatable bonds is 2. The van der Waals surface area contributed by atoms with E-state index in [0.29, 0.717) is 11.5 Å². The molecule has 4 heteroatoms. The molecule has 14 heavy (non-hydrogen) atoms. The third-order valence-corrected chi connectivity index (χ3v) is 2.31. The molecule has 1 unspecified atom stereocenters. The molecule has 3 nitrogen and oxygen atoms in total. The summed E-state index contributed by atoms with van der Waals surface area (Å²) >= 11 is 3.28. The molecule has 2 aromatic rings. The predicted molar refractivity (Wildman–Crippen MR) is 54.7 cm³/mol. The monoisotopic (exact) mass is 253 g/mol. The topological polar surface area (TPSA) is 46.3 Å². The van der Waals surface area contributed by atoms with Crippen LogP contribution in [0.5, 0.6) is 0 Å². The van der Waals surface area contributed by atoms with E-state index in [4.69, 9.17) is 4.42 Å². The first-order valence-electron chi connectivity index (χ1n) is 4.10. The van der Waals surface area contributed by atoms with Gasteiger partial charge in [-0.2, -0.15) is 0 Å². The second kappa shape index (κ2) is 3.94. The summed E-state index contributed by atoms with van der Waals surface area (Å²) in [6.07, 6.45) is 2.37. The molecule has 2 heterocycles. The molecular formula is C10H8BrNO2. The number of pyridine rings is 1. The van der Waals surface area contributed by atoms with Crippen molar-refractivity contribution in [2.45, 2.75) is 6.10 Å². The molecule has 2 rings (SSSR count).